The number of rotatable bonds is 5. The summed E-state index contributed by atoms with van der Waals surface area (Å²) in [6, 6.07) is 11.1. The molecule has 1 atom stereocenters. The molecule has 5 rings (SSSR count). The number of aromatic amines is 1. The summed E-state index contributed by atoms with van der Waals surface area (Å²) in [5.74, 6) is 1.07. The third kappa shape index (κ3) is 4.55. The molecule has 166 valence electrons. The van der Waals surface area contributed by atoms with Crippen molar-refractivity contribution < 1.29 is 9.53 Å². The van der Waals surface area contributed by atoms with Crippen LogP contribution < -0.4 is 0 Å². The quantitative estimate of drug-likeness (QED) is 0.804. The maximum atomic E-state index is 13.0. The molecule has 6 heteroatoms. The average Bonchev–Trinajstić information content (AvgIpc) is 3.32. The van der Waals surface area contributed by atoms with Gasteiger partial charge in [0.2, 0.25) is 5.91 Å². The largest absolute Gasteiger partial charge is 0.381 e. The van der Waals surface area contributed by atoms with Gasteiger partial charge in [-0.1, -0.05) is 30.3 Å². The van der Waals surface area contributed by atoms with Crippen LogP contribution in [0.25, 0.3) is 0 Å². The van der Waals surface area contributed by atoms with E-state index in [-0.39, 0.29) is 5.92 Å². The number of hydrogen-bond acceptors (Lipinski definition) is 4. The number of H-pyrrole nitrogens is 1. The third-order valence-electron chi connectivity index (χ3n) is 7.47. The van der Waals surface area contributed by atoms with Gasteiger partial charge in [-0.25, -0.2) is 4.98 Å². The van der Waals surface area contributed by atoms with E-state index in [4.69, 9.17) is 9.72 Å². The lowest BCUT2D eigenvalue weighted by Gasteiger charge is -2.43. The summed E-state index contributed by atoms with van der Waals surface area (Å²) in [5.41, 5.74) is 3.95. The summed E-state index contributed by atoms with van der Waals surface area (Å²) in [7, 11) is 0. The number of likely N-dealkylation sites (tertiary alicyclic amines) is 1. The summed E-state index contributed by atoms with van der Waals surface area (Å²) in [5, 5.41) is 0. The van der Waals surface area contributed by atoms with E-state index in [2.05, 4.69) is 45.1 Å². The molecule has 3 aliphatic rings. The van der Waals surface area contributed by atoms with Gasteiger partial charge in [0, 0.05) is 57.4 Å². The van der Waals surface area contributed by atoms with Gasteiger partial charge >= 0.3 is 0 Å². The van der Waals surface area contributed by atoms with Gasteiger partial charge in [0.05, 0.1) is 18.1 Å². The Kier molecular flexibility index (Phi) is 6.37. The minimum absolute atomic E-state index is 0.167. The molecule has 31 heavy (non-hydrogen) atoms. The Bertz CT molecular complexity index is 853. The van der Waals surface area contributed by atoms with Crippen molar-refractivity contribution in [2.24, 2.45) is 11.8 Å². The molecular formula is C25H34N4O2. The Morgan fingerprint density at radius 2 is 1.84 bits per heavy atom. The van der Waals surface area contributed by atoms with Crippen LogP contribution in [0.4, 0.5) is 0 Å². The van der Waals surface area contributed by atoms with Crippen LogP contribution in [-0.2, 0) is 22.4 Å². The lowest BCUT2D eigenvalue weighted by molar-refractivity contribution is -0.140. The first kappa shape index (κ1) is 20.7. The van der Waals surface area contributed by atoms with Crippen molar-refractivity contribution >= 4 is 5.91 Å². The zero-order valence-electron chi connectivity index (χ0n) is 18.3. The highest BCUT2D eigenvalue weighted by Gasteiger charge is 2.38. The molecule has 3 aliphatic heterocycles. The summed E-state index contributed by atoms with van der Waals surface area (Å²) in [4.78, 5) is 25.9. The van der Waals surface area contributed by atoms with Crippen molar-refractivity contribution in [3.8, 4) is 0 Å². The Morgan fingerprint density at radius 3 is 2.61 bits per heavy atom. The van der Waals surface area contributed by atoms with E-state index in [0.717, 1.165) is 77.9 Å². The molecular weight excluding hydrogens is 388 g/mol. The SMILES string of the molecule is O=C(C1CCOCC1)N1CCC(C2c3nc[nH]c3CCN2CCc2ccccc2)CC1. The highest BCUT2D eigenvalue weighted by molar-refractivity contribution is 5.79. The van der Waals surface area contributed by atoms with E-state index < -0.39 is 0 Å². The average molecular weight is 423 g/mol. The molecule has 2 saturated heterocycles. The van der Waals surface area contributed by atoms with Crippen molar-refractivity contribution in [3.63, 3.8) is 0 Å². The maximum Gasteiger partial charge on any atom is 0.225 e. The van der Waals surface area contributed by atoms with Gasteiger partial charge in [-0.2, -0.15) is 0 Å². The summed E-state index contributed by atoms with van der Waals surface area (Å²) in [6.45, 7) is 5.35. The summed E-state index contributed by atoms with van der Waals surface area (Å²) in [6.07, 6.45) is 7.86. The first-order valence-corrected chi connectivity index (χ1v) is 12.0. The molecule has 1 unspecified atom stereocenters. The molecule has 4 heterocycles. The lowest BCUT2D eigenvalue weighted by atomic mass is 9.83. The topological polar surface area (TPSA) is 61.5 Å². The van der Waals surface area contributed by atoms with E-state index in [1.807, 2.05) is 6.33 Å². The molecule has 1 N–H and O–H groups in total. The molecule has 0 bridgehead atoms. The Labute approximate surface area is 185 Å². The number of carbonyl (C=O) groups excluding carboxylic acids is 1. The normalized spacial score (nSPS) is 23.6. The second-order valence-electron chi connectivity index (χ2n) is 9.28. The minimum atomic E-state index is 0.167. The number of nitrogens with zero attached hydrogens (tertiary/aromatic N) is 3. The van der Waals surface area contributed by atoms with Crippen molar-refractivity contribution in [1.82, 2.24) is 19.8 Å². The van der Waals surface area contributed by atoms with Gasteiger partial charge < -0.3 is 14.6 Å². The first-order chi connectivity index (χ1) is 15.3. The second-order valence-corrected chi connectivity index (χ2v) is 9.28. The van der Waals surface area contributed by atoms with Crippen LogP contribution in [-0.4, -0.2) is 65.1 Å². The molecule has 1 aromatic carbocycles. The van der Waals surface area contributed by atoms with Gasteiger partial charge in [-0.05, 0) is 43.6 Å². The number of hydrogen-bond donors (Lipinski definition) is 1. The standard InChI is InChI=1S/C25H34N4O2/c30-25(21-10-16-31-17-11-21)29-13-7-20(8-14-29)24-23-22(26-18-27-23)9-15-28(24)12-6-19-4-2-1-3-5-19/h1-5,18,20-21,24H,6-17H2,(H,26,27). The number of benzene rings is 1. The molecule has 0 radical (unpaired) electrons. The lowest BCUT2D eigenvalue weighted by Crippen LogP contribution is -2.47. The van der Waals surface area contributed by atoms with Crippen LogP contribution in [0.3, 0.4) is 0 Å². The van der Waals surface area contributed by atoms with Gasteiger partial charge in [-0.3, -0.25) is 9.69 Å². The Morgan fingerprint density at radius 1 is 1.06 bits per heavy atom. The van der Waals surface area contributed by atoms with E-state index >= 15 is 0 Å². The fourth-order valence-electron chi connectivity index (χ4n) is 5.68. The zero-order chi connectivity index (χ0) is 21.0. The van der Waals surface area contributed by atoms with Crippen molar-refractivity contribution in [2.75, 3.05) is 39.4 Å². The van der Waals surface area contributed by atoms with Gasteiger partial charge in [0.25, 0.3) is 0 Å². The van der Waals surface area contributed by atoms with Crippen LogP contribution in [0, 0.1) is 11.8 Å². The third-order valence-corrected chi connectivity index (χ3v) is 7.47. The molecule has 1 amide bonds. The number of imidazole rings is 1. The number of carbonyl (C=O) groups is 1. The van der Waals surface area contributed by atoms with Crippen LogP contribution >= 0.6 is 0 Å². The minimum Gasteiger partial charge on any atom is -0.381 e. The predicted octanol–water partition coefficient (Wildman–Crippen LogP) is 3.22. The molecule has 0 aliphatic carbocycles. The Hall–Kier alpha value is -2.18. The van der Waals surface area contributed by atoms with Gasteiger partial charge in [0.15, 0.2) is 0 Å². The van der Waals surface area contributed by atoms with E-state index in [9.17, 15) is 4.79 Å². The fourth-order valence-corrected chi connectivity index (χ4v) is 5.68. The predicted molar refractivity (Wildman–Crippen MR) is 120 cm³/mol. The fraction of sp³-hybridized carbons (Fsp3) is 0.600. The van der Waals surface area contributed by atoms with Gasteiger partial charge in [-0.15, -0.1) is 0 Å². The van der Waals surface area contributed by atoms with Gasteiger partial charge in [0.1, 0.15) is 0 Å². The molecule has 2 aromatic rings. The molecule has 1 aromatic heterocycles. The number of ether oxygens (including phenoxy) is 1. The smallest absolute Gasteiger partial charge is 0.225 e. The zero-order valence-corrected chi connectivity index (χ0v) is 18.3. The monoisotopic (exact) mass is 422 g/mol. The molecule has 0 spiro atoms. The summed E-state index contributed by atoms with van der Waals surface area (Å²) >= 11 is 0. The molecule has 0 saturated carbocycles. The number of piperidine rings is 1. The number of aromatic nitrogens is 2. The van der Waals surface area contributed by atoms with Crippen molar-refractivity contribution in [2.45, 2.75) is 44.6 Å². The van der Waals surface area contributed by atoms with E-state index in [1.54, 1.807) is 0 Å². The van der Waals surface area contributed by atoms with Crippen LogP contribution in [0.1, 0.15) is 48.7 Å². The maximum absolute atomic E-state index is 13.0. The number of amides is 1. The van der Waals surface area contributed by atoms with E-state index in [0.29, 0.717) is 17.9 Å². The van der Waals surface area contributed by atoms with E-state index in [1.165, 1.54) is 17.0 Å². The summed E-state index contributed by atoms with van der Waals surface area (Å²) < 4.78 is 5.44. The number of fused-ring (bicyclic) bond motifs is 1. The van der Waals surface area contributed by atoms with Crippen molar-refractivity contribution in [3.05, 3.63) is 53.6 Å². The van der Waals surface area contributed by atoms with Crippen LogP contribution in [0.5, 0.6) is 0 Å². The molecule has 2 fully saturated rings. The number of nitrogens with one attached hydrogen (secondary N) is 1. The Balaban J connectivity index is 1.25. The van der Waals surface area contributed by atoms with Crippen molar-refractivity contribution in [1.29, 1.82) is 0 Å². The second kappa shape index (κ2) is 9.53. The van der Waals surface area contributed by atoms with Crippen LogP contribution in [0.15, 0.2) is 36.7 Å². The first-order valence-electron chi connectivity index (χ1n) is 12.0. The highest BCUT2D eigenvalue weighted by atomic mass is 16.5. The molecule has 6 nitrogen and oxygen atoms in total. The highest BCUT2D eigenvalue weighted by Crippen LogP contribution is 2.39. The van der Waals surface area contributed by atoms with Crippen LogP contribution in [0.2, 0.25) is 0 Å².